The maximum atomic E-state index is 12.6. The number of aromatic nitrogens is 1. The van der Waals surface area contributed by atoms with Crippen molar-refractivity contribution in [2.45, 2.75) is 32.6 Å². The number of amides is 2. The van der Waals surface area contributed by atoms with Gasteiger partial charge in [0.15, 0.2) is 0 Å². The fraction of sp³-hybridized carbons (Fsp3) is 0.409. The quantitative estimate of drug-likeness (QED) is 0.793. The summed E-state index contributed by atoms with van der Waals surface area (Å²) in [6.45, 7) is 4.96. The highest BCUT2D eigenvalue weighted by molar-refractivity contribution is 6.04. The van der Waals surface area contributed by atoms with Crippen molar-refractivity contribution in [1.29, 1.82) is 0 Å². The van der Waals surface area contributed by atoms with Gasteiger partial charge in [0.2, 0.25) is 0 Å². The van der Waals surface area contributed by atoms with Gasteiger partial charge in [0.05, 0.1) is 0 Å². The smallest absolute Gasteiger partial charge is 0.274 e. The van der Waals surface area contributed by atoms with Crippen LogP contribution in [-0.4, -0.2) is 48.4 Å². The maximum absolute atomic E-state index is 12.6. The van der Waals surface area contributed by atoms with Crippen molar-refractivity contribution in [2.24, 2.45) is 0 Å². The molecule has 1 aliphatic rings. The average Bonchev–Trinajstić information content (AvgIpc) is 3.27. The Morgan fingerprint density at radius 2 is 1.86 bits per heavy atom. The molecule has 0 bridgehead atoms. The topological polar surface area (TPSA) is 65.5 Å². The first kappa shape index (κ1) is 19.9. The second-order valence-electron chi connectivity index (χ2n) is 7.21. The lowest BCUT2D eigenvalue weighted by Gasteiger charge is -2.18. The van der Waals surface area contributed by atoms with Gasteiger partial charge in [-0.25, -0.2) is 0 Å². The number of benzene rings is 1. The number of nitrogens with one attached hydrogen (secondary N) is 1. The van der Waals surface area contributed by atoms with Crippen LogP contribution in [0.15, 0.2) is 42.6 Å². The first-order valence-electron chi connectivity index (χ1n) is 9.96. The first-order chi connectivity index (χ1) is 13.6. The van der Waals surface area contributed by atoms with E-state index in [1.165, 1.54) is 24.7 Å². The molecule has 1 fully saturated rings. The predicted octanol–water partition coefficient (Wildman–Crippen LogP) is 3.81. The van der Waals surface area contributed by atoms with Crippen LogP contribution in [0, 0.1) is 0 Å². The van der Waals surface area contributed by atoms with Crippen LogP contribution in [0.25, 0.3) is 0 Å². The summed E-state index contributed by atoms with van der Waals surface area (Å²) in [7, 11) is 1.78. The van der Waals surface area contributed by atoms with Crippen molar-refractivity contribution in [2.75, 3.05) is 36.9 Å². The van der Waals surface area contributed by atoms with E-state index >= 15 is 0 Å². The molecule has 0 unspecified atom stereocenters. The lowest BCUT2D eigenvalue weighted by molar-refractivity contribution is 0.0793. The normalized spacial score (nSPS) is 13.4. The van der Waals surface area contributed by atoms with E-state index in [1.54, 1.807) is 24.1 Å². The highest BCUT2D eigenvalue weighted by Crippen LogP contribution is 2.22. The van der Waals surface area contributed by atoms with E-state index in [0.29, 0.717) is 17.8 Å². The summed E-state index contributed by atoms with van der Waals surface area (Å²) in [5.74, 6) is -0.417. The molecular formula is C22H28N4O2. The van der Waals surface area contributed by atoms with E-state index in [1.807, 2.05) is 24.3 Å². The highest BCUT2D eigenvalue weighted by Gasteiger charge is 2.16. The maximum Gasteiger partial charge on any atom is 0.274 e. The number of hydrogen-bond donors (Lipinski definition) is 1. The Kier molecular flexibility index (Phi) is 6.63. The summed E-state index contributed by atoms with van der Waals surface area (Å²) in [6.07, 6.45) is 5.94. The number of anilines is 2. The molecule has 1 saturated heterocycles. The van der Waals surface area contributed by atoms with Gasteiger partial charge in [-0.1, -0.05) is 13.3 Å². The Balaban J connectivity index is 1.65. The molecule has 0 radical (unpaired) electrons. The summed E-state index contributed by atoms with van der Waals surface area (Å²) in [6, 6.07) is 11.1. The van der Waals surface area contributed by atoms with Gasteiger partial charge in [-0.2, -0.15) is 0 Å². The Morgan fingerprint density at radius 3 is 2.54 bits per heavy atom. The second kappa shape index (κ2) is 9.35. The van der Waals surface area contributed by atoms with Crippen molar-refractivity contribution in [1.82, 2.24) is 9.88 Å². The number of rotatable bonds is 7. The van der Waals surface area contributed by atoms with E-state index in [0.717, 1.165) is 25.9 Å². The molecule has 2 heterocycles. The molecule has 0 atom stereocenters. The van der Waals surface area contributed by atoms with Gasteiger partial charge >= 0.3 is 0 Å². The van der Waals surface area contributed by atoms with E-state index in [9.17, 15) is 9.59 Å². The summed E-state index contributed by atoms with van der Waals surface area (Å²) in [4.78, 5) is 33.2. The summed E-state index contributed by atoms with van der Waals surface area (Å²) < 4.78 is 0. The fourth-order valence-electron chi connectivity index (χ4n) is 3.33. The van der Waals surface area contributed by atoms with Crippen LogP contribution in [0.5, 0.6) is 0 Å². The van der Waals surface area contributed by atoms with Crippen molar-refractivity contribution in [3.63, 3.8) is 0 Å². The zero-order valence-corrected chi connectivity index (χ0v) is 16.6. The zero-order valence-electron chi connectivity index (χ0n) is 16.6. The van der Waals surface area contributed by atoms with E-state index in [-0.39, 0.29) is 17.5 Å². The molecule has 28 heavy (non-hydrogen) atoms. The third-order valence-corrected chi connectivity index (χ3v) is 5.03. The Labute approximate surface area is 166 Å². The molecule has 2 aromatic rings. The Bertz CT molecular complexity index is 814. The molecule has 1 N–H and O–H groups in total. The van der Waals surface area contributed by atoms with Gasteiger partial charge in [-0.15, -0.1) is 0 Å². The Morgan fingerprint density at radius 1 is 1.14 bits per heavy atom. The van der Waals surface area contributed by atoms with Gasteiger partial charge in [0.1, 0.15) is 5.69 Å². The van der Waals surface area contributed by atoms with Crippen LogP contribution in [0.3, 0.4) is 0 Å². The highest BCUT2D eigenvalue weighted by atomic mass is 16.2. The molecule has 3 rings (SSSR count). The van der Waals surface area contributed by atoms with Crippen LogP contribution in [0.2, 0.25) is 0 Å². The number of pyridine rings is 1. The van der Waals surface area contributed by atoms with Gasteiger partial charge in [-0.3, -0.25) is 14.6 Å². The van der Waals surface area contributed by atoms with Crippen LogP contribution in [0.4, 0.5) is 11.4 Å². The first-order valence-corrected chi connectivity index (χ1v) is 9.96. The Hall–Kier alpha value is -2.89. The van der Waals surface area contributed by atoms with Crippen LogP contribution in [0.1, 0.15) is 53.5 Å². The lowest BCUT2D eigenvalue weighted by atomic mass is 10.2. The van der Waals surface area contributed by atoms with E-state index in [4.69, 9.17) is 0 Å². The van der Waals surface area contributed by atoms with Gasteiger partial charge in [0, 0.05) is 49.8 Å². The molecule has 6 nitrogen and oxygen atoms in total. The number of carbonyl (C=O) groups is 2. The van der Waals surface area contributed by atoms with Gasteiger partial charge in [0.25, 0.3) is 11.8 Å². The number of carbonyl (C=O) groups excluding carboxylic acids is 2. The zero-order chi connectivity index (χ0) is 19.9. The second-order valence-corrected chi connectivity index (χ2v) is 7.21. The average molecular weight is 380 g/mol. The van der Waals surface area contributed by atoms with Crippen molar-refractivity contribution in [3.8, 4) is 0 Å². The molecule has 0 spiro atoms. The van der Waals surface area contributed by atoms with E-state index in [2.05, 4.69) is 22.1 Å². The minimum atomic E-state index is -0.320. The molecule has 2 amide bonds. The predicted molar refractivity (Wildman–Crippen MR) is 112 cm³/mol. The van der Waals surface area contributed by atoms with Crippen molar-refractivity contribution < 1.29 is 9.59 Å². The molecule has 1 aromatic heterocycles. The molecule has 1 aromatic carbocycles. The minimum absolute atomic E-state index is 0.0973. The fourth-order valence-corrected chi connectivity index (χ4v) is 3.33. The van der Waals surface area contributed by atoms with Crippen LogP contribution in [-0.2, 0) is 0 Å². The molecular weight excluding hydrogens is 352 g/mol. The standard InChI is InChI=1S/C22H28N4O2/c1-3-4-13-25(2)22(28)17-11-12-23-20(16-17)21(27)24-18-7-9-19(10-8-18)26-14-5-6-15-26/h7-12,16H,3-6,13-15H2,1-2H3,(H,24,27). The molecule has 148 valence electrons. The monoisotopic (exact) mass is 380 g/mol. The van der Waals surface area contributed by atoms with E-state index < -0.39 is 0 Å². The molecule has 0 aliphatic carbocycles. The van der Waals surface area contributed by atoms with Gasteiger partial charge in [-0.05, 0) is 55.7 Å². The largest absolute Gasteiger partial charge is 0.372 e. The summed E-state index contributed by atoms with van der Waals surface area (Å²) >= 11 is 0. The van der Waals surface area contributed by atoms with Crippen molar-refractivity contribution in [3.05, 3.63) is 53.9 Å². The molecule has 6 heteroatoms. The molecule has 1 aliphatic heterocycles. The van der Waals surface area contributed by atoms with Crippen LogP contribution < -0.4 is 10.2 Å². The van der Waals surface area contributed by atoms with Crippen LogP contribution >= 0.6 is 0 Å². The lowest BCUT2D eigenvalue weighted by Crippen LogP contribution is -2.28. The third-order valence-electron chi connectivity index (χ3n) is 5.03. The number of hydrogen-bond acceptors (Lipinski definition) is 4. The number of unbranched alkanes of at least 4 members (excludes halogenated alkanes) is 1. The van der Waals surface area contributed by atoms with Crippen molar-refractivity contribution >= 4 is 23.2 Å². The summed E-state index contributed by atoms with van der Waals surface area (Å²) in [5, 5.41) is 2.86. The third kappa shape index (κ3) is 4.88. The summed E-state index contributed by atoms with van der Waals surface area (Å²) in [5.41, 5.74) is 2.60. The van der Waals surface area contributed by atoms with Gasteiger partial charge < -0.3 is 15.1 Å². The number of nitrogens with zero attached hydrogens (tertiary/aromatic N) is 3. The SMILES string of the molecule is CCCCN(C)C(=O)c1ccnc(C(=O)Nc2ccc(N3CCCC3)cc2)c1. The minimum Gasteiger partial charge on any atom is -0.372 e. The molecule has 0 saturated carbocycles.